The van der Waals surface area contributed by atoms with Gasteiger partial charge in [0.25, 0.3) is 0 Å². The maximum atomic E-state index is 6.24. The molecule has 0 saturated carbocycles. The Morgan fingerprint density at radius 3 is 2.27 bits per heavy atom. The van der Waals surface area contributed by atoms with Crippen molar-refractivity contribution >= 4 is 0 Å². The second kappa shape index (κ2) is 7.24. The first kappa shape index (κ1) is 14.9. The Morgan fingerprint density at radius 2 is 1.87 bits per heavy atom. The highest BCUT2D eigenvalue weighted by atomic mass is 15.2. The molecular weight excluding hydrogens is 184 g/mol. The Morgan fingerprint density at radius 1 is 1.27 bits per heavy atom. The minimum absolute atomic E-state index is 0.0306. The van der Waals surface area contributed by atoms with E-state index in [0.29, 0.717) is 6.04 Å². The molecule has 0 aliphatic heterocycles. The molecule has 0 fully saturated rings. The van der Waals surface area contributed by atoms with E-state index in [4.69, 9.17) is 5.73 Å². The summed E-state index contributed by atoms with van der Waals surface area (Å²) in [5.74, 6) is 0. The van der Waals surface area contributed by atoms with Gasteiger partial charge in [0.2, 0.25) is 0 Å². The maximum absolute atomic E-state index is 6.24. The van der Waals surface area contributed by atoms with Crippen molar-refractivity contribution in [3.8, 4) is 0 Å². The minimum Gasteiger partial charge on any atom is -0.324 e. The number of hydrogen-bond donors (Lipinski definition) is 1. The Kier molecular flexibility index (Phi) is 7.20. The van der Waals surface area contributed by atoms with E-state index in [2.05, 4.69) is 39.5 Å². The minimum atomic E-state index is -0.0306. The Hall–Kier alpha value is -0.0800. The van der Waals surface area contributed by atoms with Crippen molar-refractivity contribution in [1.82, 2.24) is 4.90 Å². The fraction of sp³-hybridized carbons (Fsp3) is 1.00. The number of hydrogen-bond acceptors (Lipinski definition) is 2. The van der Waals surface area contributed by atoms with Gasteiger partial charge in [-0.1, -0.05) is 27.2 Å². The SMILES string of the molecule is CCCCN(CC(C)(N)CC)C(C)CC. The van der Waals surface area contributed by atoms with E-state index in [0.717, 1.165) is 13.0 Å². The summed E-state index contributed by atoms with van der Waals surface area (Å²) in [6.07, 6.45) is 4.81. The summed E-state index contributed by atoms with van der Waals surface area (Å²) in [4.78, 5) is 2.55. The van der Waals surface area contributed by atoms with Gasteiger partial charge in [0.05, 0.1) is 0 Å². The Bertz CT molecular complexity index is 155. The zero-order chi connectivity index (χ0) is 11.9. The molecule has 0 saturated heterocycles. The van der Waals surface area contributed by atoms with Crippen LogP contribution in [0.5, 0.6) is 0 Å². The molecule has 2 nitrogen and oxygen atoms in total. The molecule has 0 bridgehead atoms. The molecule has 0 radical (unpaired) electrons. The second-order valence-corrected chi connectivity index (χ2v) is 5.09. The fourth-order valence-electron chi connectivity index (χ4n) is 1.65. The van der Waals surface area contributed by atoms with Crippen molar-refractivity contribution in [3.63, 3.8) is 0 Å². The van der Waals surface area contributed by atoms with E-state index in [9.17, 15) is 0 Å². The molecular formula is C13H30N2. The fourth-order valence-corrected chi connectivity index (χ4v) is 1.65. The quantitative estimate of drug-likeness (QED) is 0.673. The number of nitrogens with zero attached hydrogens (tertiary/aromatic N) is 1. The largest absolute Gasteiger partial charge is 0.324 e. The van der Waals surface area contributed by atoms with E-state index in [1.165, 1.54) is 25.8 Å². The van der Waals surface area contributed by atoms with Crippen LogP contribution < -0.4 is 5.73 Å². The van der Waals surface area contributed by atoms with E-state index >= 15 is 0 Å². The third kappa shape index (κ3) is 6.16. The van der Waals surface area contributed by atoms with E-state index in [1.807, 2.05) is 0 Å². The zero-order valence-corrected chi connectivity index (χ0v) is 11.3. The third-order valence-corrected chi connectivity index (χ3v) is 3.39. The second-order valence-electron chi connectivity index (χ2n) is 5.09. The van der Waals surface area contributed by atoms with Gasteiger partial charge in [-0.05, 0) is 39.7 Å². The predicted octanol–water partition coefficient (Wildman–Crippen LogP) is 3.01. The van der Waals surface area contributed by atoms with Crippen molar-refractivity contribution in [3.05, 3.63) is 0 Å². The molecule has 0 heterocycles. The zero-order valence-electron chi connectivity index (χ0n) is 11.3. The molecule has 0 aromatic carbocycles. The van der Waals surface area contributed by atoms with Gasteiger partial charge in [-0.2, -0.15) is 0 Å². The standard InChI is InChI=1S/C13H30N2/c1-6-9-10-15(12(4)7-2)11-13(5,14)8-3/h12H,6-11,14H2,1-5H3. The molecule has 0 amide bonds. The molecule has 2 atom stereocenters. The lowest BCUT2D eigenvalue weighted by molar-refractivity contribution is 0.158. The lowest BCUT2D eigenvalue weighted by Crippen LogP contribution is -2.50. The maximum Gasteiger partial charge on any atom is 0.0252 e. The number of unbranched alkanes of at least 4 members (excludes halogenated alkanes) is 1. The van der Waals surface area contributed by atoms with Crippen LogP contribution in [0.3, 0.4) is 0 Å². The summed E-state index contributed by atoms with van der Waals surface area (Å²) < 4.78 is 0. The van der Waals surface area contributed by atoms with Gasteiger partial charge >= 0.3 is 0 Å². The van der Waals surface area contributed by atoms with Crippen molar-refractivity contribution < 1.29 is 0 Å². The summed E-state index contributed by atoms with van der Waals surface area (Å²) in [6, 6.07) is 0.658. The van der Waals surface area contributed by atoms with Crippen molar-refractivity contribution in [1.29, 1.82) is 0 Å². The number of rotatable bonds is 8. The summed E-state index contributed by atoms with van der Waals surface area (Å²) >= 11 is 0. The Labute approximate surface area is 96.2 Å². The first-order chi connectivity index (χ1) is 6.96. The van der Waals surface area contributed by atoms with E-state index in [1.54, 1.807) is 0 Å². The average molecular weight is 214 g/mol. The van der Waals surface area contributed by atoms with Crippen LogP contribution >= 0.6 is 0 Å². The highest BCUT2D eigenvalue weighted by molar-refractivity contribution is 4.83. The molecule has 92 valence electrons. The first-order valence-corrected chi connectivity index (χ1v) is 6.49. The van der Waals surface area contributed by atoms with Crippen LogP contribution in [-0.2, 0) is 0 Å². The average Bonchev–Trinajstić information content (AvgIpc) is 2.23. The van der Waals surface area contributed by atoms with Crippen molar-refractivity contribution in [2.45, 2.75) is 71.9 Å². The summed E-state index contributed by atoms with van der Waals surface area (Å²) in [7, 11) is 0. The highest BCUT2D eigenvalue weighted by Crippen LogP contribution is 2.13. The lowest BCUT2D eigenvalue weighted by atomic mass is 9.98. The molecule has 2 heteroatoms. The van der Waals surface area contributed by atoms with Gasteiger partial charge in [0.15, 0.2) is 0 Å². The topological polar surface area (TPSA) is 29.3 Å². The van der Waals surface area contributed by atoms with Gasteiger partial charge in [0, 0.05) is 18.1 Å². The smallest absolute Gasteiger partial charge is 0.0252 e. The van der Waals surface area contributed by atoms with Gasteiger partial charge < -0.3 is 5.73 Å². The van der Waals surface area contributed by atoms with Crippen LogP contribution in [0.25, 0.3) is 0 Å². The van der Waals surface area contributed by atoms with Crippen LogP contribution in [0.4, 0.5) is 0 Å². The summed E-state index contributed by atoms with van der Waals surface area (Å²) in [5, 5.41) is 0. The van der Waals surface area contributed by atoms with Gasteiger partial charge in [-0.15, -0.1) is 0 Å². The molecule has 15 heavy (non-hydrogen) atoms. The Balaban J connectivity index is 4.23. The molecule has 0 aromatic rings. The van der Waals surface area contributed by atoms with Crippen molar-refractivity contribution in [2.24, 2.45) is 5.73 Å². The molecule has 0 aromatic heterocycles. The molecule has 2 unspecified atom stereocenters. The molecule has 2 N–H and O–H groups in total. The molecule has 0 spiro atoms. The predicted molar refractivity (Wildman–Crippen MR) is 69.1 cm³/mol. The van der Waals surface area contributed by atoms with Crippen LogP contribution in [-0.4, -0.2) is 29.6 Å². The normalized spacial score (nSPS) is 17.8. The van der Waals surface area contributed by atoms with Gasteiger partial charge in [-0.25, -0.2) is 0 Å². The van der Waals surface area contributed by atoms with Crippen LogP contribution in [0.15, 0.2) is 0 Å². The van der Waals surface area contributed by atoms with Crippen LogP contribution in [0, 0.1) is 0 Å². The molecule has 0 aliphatic carbocycles. The summed E-state index contributed by atoms with van der Waals surface area (Å²) in [6.45, 7) is 13.4. The van der Waals surface area contributed by atoms with E-state index in [-0.39, 0.29) is 5.54 Å². The number of nitrogens with two attached hydrogens (primary N) is 1. The van der Waals surface area contributed by atoms with Crippen molar-refractivity contribution in [2.75, 3.05) is 13.1 Å². The van der Waals surface area contributed by atoms with Crippen LogP contribution in [0.2, 0.25) is 0 Å². The van der Waals surface area contributed by atoms with Gasteiger partial charge in [0.1, 0.15) is 0 Å². The third-order valence-electron chi connectivity index (χ3n) is 3.39. The van der Waals surface area contributed by atoms with Gasteiger partial charge in [-0.3, -0.25) is 4.90 Å². The first-order valence-electron chi connectivity index (χ1n) is 6.49. The molecule has 0 aliphatic rings. The summed E-state index contributed by atoms with van der Waals surface area (Å²) in [5.41, 5.74) is 6.21. The molecule has 0 rings (SSSR count). The van der Waals surface area contributed by atoms with Crippen LogP contribution in [0.1, 0.15) is 60.3 Å². The monoisotopic (exact) mass is 214 g/mol. The highest BCUT2D eigenvalue weighted by Gasteiger charge is 2.22. The van der Waals surface area contributed by atoms with E-state index < -0.39 is 0 Å². The lowest BCUT2D eigenvalue weighted by Gasteiger charge is -2.35.